The molecular weight excluding hydrogens is 484 g/mol. The summed E-state index contributed by atoms with van der Waals surface area (Å²) in [6, 6.07) is 1.86. The van der Waals surface area contributed by atoms with E-state index >= 15 is 0 Å². The number of unbranched alkanes of at least 4 members (excludes halogenated alkanes) is 8. The number of carbonyl (C=O) groups excluding carboxylic acids is 1. The molecular formula is C28H46N6O4. The first-order valence-corrected chi connectivity index (χ1v) is 14.2. The van der Waals surface area contributed by atoms with Crippen LogP contribution >= 0.6 is 0 Å². The number of carbonyl (C=O) groups is 2. The van der Waals surface area contributed by atoms with Crippen LogP contribution in [0.15, 0.2) is 18.5 Å². The van der Waals surface area contributed by atoms with Gasteiger partial charge in [0.25, 0.3) is 5.91 Å². The molecule has 0 aliphatic heterocycles. The number of aryl methyl sites for hydroxylation is 1. The summed E-state index contributed by atoms with van der Waals surface area (Å²) in [7, 11) is 0. The first-order chi connectivity index (χ1) is 18.2. The Morgan fingerprint density at radius 2 is 1.68 bits per heavy atom. The standard InChI is InChI=1S/C28H46N6O4/c1-28(2,3)34-25(18-24(32-34)21-13-14-23(17-21)30-27(37)38)31-26(36)22-19-29-33(20-22)15-11-9-7-5-4-6-8-10-12-16-35/h18-21,23,30,35H,4-17H2,1-3H3,(H,31,36)(H,37,38). The molecule has 2 heterocycles. The first kappa shape index (κ1) is 29.7. The quantitative estimate of drug-likeness (QED) is 0.225. The van der Waals surface area contributed by atoms with E-state index in [0.29, 0.717) is 24.4 Å². The molecule has 0 saturated heterocycles. The van der Waals surface area contributed by atoms with Crippen molar-refractivity contribution >= 4 is 17.8 Å². The number of hydrogen-bond acceptors (Lipinski definition) is 5. The fraction of sp³-hybridized carbons (Fsp3) is 0.714. The van der Waals surface area contributed by atoms with E-state index in [1.54, 1.807) is 12.4 Å². The van der Waals surface area contributed by atoms with Crippen molar-refractivity contribution in [2.75, 3.05) is 11.9 Å². The van der Waals surface area contributed by atoms with Crippen LogP contribution in [-0.4, -0.2) is 54.4 Å². The monoisotopic (exact) mass is 530 g/mol. The summed E-state index contributed by atoms with van der Waals surface area (Å²) in [5.74, 6) is 0.572. The molecule has 4 N–H and O–H groups in total. The van der Waals surface area contributed by atoms with Crippen LogP contribution in [0.1, 0.15) is 120 Å². The Morgan fingerprint density at radius 1 is 1.03 bits per heavy atom. The van der Waals surface area contributed by atoms with Gasteiger partial charge in [0.2, 0.25) is 0 Å². The van der Waals surface area contributed by atoms with E-state index in [1.165, 1.54) is 32.1 Å². The maximum absolute atomic E-state index is 13.1. The number of nitrogens with one attached hydrogen (secondary N) is 2. The molecule has 1 fully saturated rings. The third kappa shape index (κ3) is 9.15. The Morgan fingerprint density at radius 3 is 2.32 bits per heavy atom. The molecule has 10 nitrogen and oxygen atoms in total. The number of amides is 2. The lowest BCUT2D eigenvalue weighted by atomic mass is 10.0. The third-order valence-corrected chi connectivity index (χ3v) is 7.22. The average molecular weight is 531 g/mol. The van der Waals surface area contributed by atoms with E-state index in [9.17, 15) is 9.59 Å². The number of anilines is 1. The summed E-state index contributed by atoms with van der Waals surface area (Å²) in [6.07, 6.45) is 15.2. The molecule has 3 rings (SSSR count). The van der Waals surface area contributed by atoms with E-state index < -0.39 is 6.09 Å². The maximum Gasteiger partial charge on any atom is 0.404 e. The Balaban J connectivity index is 1.49. The molecule has 1 aliphatic carbocycles. The highest BCUT2D eigenvalue weighted by atomic mass is 16.4. The number of aliphatic hydroxyl groups is 1. The molecule has 1 saturated carbocycles. The summed E-state index contributed by atoms with van der Waals surface area (Å²) in [5, 5.41) is 32.6. The number of carboxylic acid groups (broad SMARTS) is 1. The zero-order chi connectivity index (χ0) is 27.5. The van der Waals surface area contributed by atoms with Gasteiger partial charge in [-0.15, -0.1) is 0 Å². The van der Waals surface area contributed by atoms with Gasteiger partial charge in [0.05, 0.1) is 23.0 Å². The highest BCUT2D eigenvalue weighted by Gasteiger charge is 2.31. The van der Waals surface area contributed by atoms with Crippen molar-refractivity contribution < 1.29 is 19.8 Å². The summed E-state index contributed by atoms with van der Waals surface area (Å²) < 4.78 is 3.68. The fourth-order valence-corrected chi connectivity index (χ4v) is 5.17. The van der Waals surface area contributed by atoms with Gasteiger partial charge < -0.3 is 20.8 Å². The van der Waals surface area contributed by atoms with Gasteiger partial charge in [-0.25, -0.2) is 9.48 Å². The van der Waals surface area contributed by atoms with E-state index in [-0.39, 0.29) is 23.4 Å². The Bertz CT molecular complexity index is 1020. The lowest BCUT2D eigenvalue weighted by Gasteiger charge is -2.22. The number of aliphatic hydroxyl groups excluding tert-OH is 1. The van der Waals surface area contributed by atoms with Gasteiger partial charge in [-0.3, -0.25) is 9.48 Å². The largest absolute Gasteiger partial charge is 0.465 e. The van der Waals surface area contributed by atoms with Gasteiger partial charge in [0.1, 0.15) is 5.82 Å². The Labute approximate surface area is 226 Å². The van der Waals surface area contributed by atoms with Crippen LogP contribution in [0, 0.1) is 0 Å². The predicted molar refractivity (Wildman–Crippen MR) is 148 cm³/mol. The van der Waals surface area contributed by atoms with Crippen LogP contribution in [-0.2, 0) is 12.1 Å². The summed E-state index contributed by atoms with van der Waals surface area (Å²) in [5.41, 5.74) is 1.07. The van der Waals surface area contributed by atoms with Crippen LogP contribution in [0.4, 0.5) is 10.6 Å². The van der Waals surface area contributed by atoms with E-state index in [1.807, 2.05) is 36.2 Å². The second-order valence-electron chi connectivity index (χ2n) is 11.5. The van der Waals surface area contributed by atoms with Crippen molar-refractivity contribution in [3.63, 3.8) is 0 Å². The Hall–Kier alpha value is -2.88. The Kier molecular flexibility index (Phi) is 11.2. The van der Waals surface area contributed by atoms with Crippen LogP contribution in [0.5, 0.6) is 0 Å². The van der Waals surface area contributed by atoms with Gasteiger partial charge >= 0.3 is 6.09 Å². The van der Waals surface area contributed by atoms with Crippen LogP contribution < -0.4 is 10.6 Å². The number of hydrogen-bond donors (Lipinski definition) is 4. The molecule has 2 aromatic rings. The van der Waals surface area contributed by atoms with Crippen molar-refractivity contribution in [3.8, 4) is 0 Å². The zero-order valence-corrected chi connectivity index (χ0v) is 23.3. The highest BCUT2D eigenvalue weighted by Crippen LogP contribution is 2.36. The molecule has 1 aliphatic rings. The molecule has 2 atom stereocenters. The number of aromatic nitrogens is 4. The molecule has 0 aromatic carbocycles. The molecule has 38 heavy (non-hydrogen) atoms. The minimum absolute atomic E-state index is 0.0662. The van der Waals surface area contributed by atoms with Gasteiger partial charge in [0.15, 0.2) is 0 Å². The molecule has 2 amide bonds. The lowest BCUT2D eigenvalue weighted by molar-refractivity contribution is 0.102. The topological polar surface area (TPSA) is 134 Å². The van der Waals surface area contributed by atoms with Crippen molar-refractivity contribution in [1.29, 1.82) is 0 Å². The minimum Gasteiger partial charge on any atom is -0.465 e. The molecule has 2 aromatic heterocycles. The molecule has 10 heteroatoms. The second-order valence-corrected chi connectivity index (χ2v) is 11.5. The van der Waals surface area contributed by atoms with Gasteiger partial charge in [-0.1, -0.05) is 44.9 Å². The van der Waals surface area contributed by atoms with Crippen molar-refractivity contribution in [3.05, 3.63) is 29.7 Å². The lowest BCUT2D eigenvalue weighted by Crippen LogP contribution is -2.31. The maximum atomic E-state index is 13.1. The summed E-state index contributed by atoms with van der Waals surface area (Å²) >= 11 is 0. The normalized spacial score (nSPS) is 17.6. The molecule has 2 unspecified atom stereocenters. The fourth-order valence-electron chi connectivity index (χ4n) is 5.17. The van der Waals surface area contributed by atoms with E-state index in [0.717, 1.165) is 50.8 Å². The smallest absolute Gasteiger partial charge is 0.404 e. The summed E-state index contributed by atoms with van der Waals surface area (Å²) in [6.45, 7) is 7.21. The first-order valence-electron chi connectivity index (χ1n) is 14.2. The van der Waals surface area contributed by atoms with E-state index in [2.05, 4.69) is 15.7 Å². The molecule has 0 bridgehead atoms. The van der Waals surface area contributed by atoms with Gasteiger partial charge in [-0.2, -0.15) is 10.2 Å². The van der Waals surface area contributed by atoms with Crippen LogP contribution in [0.2, 0.25) is 0 Å². The number of nitrogens with zero attached hydrogens (tertiary/aromatic N) is 4. The third-order valence-electron chi connectivity index (χ3n) is 7.22. The number of rotatable bonds is 15. The van der Waals surface area contributed by atoms with Crippen molar-refractivity contribution in [2.24, 2.45) is 0 Å². The van der Waals surface area contributed by atoms with Gasteiger partial charge in [-0.05, 0) is 52.9 Å². The summed E-state index contributed by atoms with van der Waals surface area (Å²) in [4.78, 5) is 24.1. The molecule has 0 radical (unpaired) electrons. The highest BCUT2D eigenvalue weighted by molar-refractivity contribution is 6.03. The van der Waals surface area contributed by atoms with Gasteiger partial charge in [0, 0.05) is 37.4 Å². The van der Waals surface area contributed by atoms with Crippen LogP contribution in [0.25, 0.3) is 0 Å². The zero-order valence-electron chi connectivity index (χ0n) is 23.3. The van der Waals surface area contributed by atoms with E-state index in [4.69, 9.17) is 15.3 Å². The average Bonchev–Trinajstić information content (AvgIpc) is 3.59. The second kappa shape index (κ2) is 14.3. The van der Waals surface area contributed by atoms with Crippen molar-refractivity contribution in [1.82, 2.24) is 24.9 Å². The minimum atomic E-state index is -0.995. The molecule has 212 valence electrons. The molecule has 0 spiro atoms. The SMILES string of the molecule is CC(C)(C)n1nc(C2CCC(NC(=O)O)C2)cc1NC(=O)c1cnn(CCCCCCCCCCCO)c1. The van der Waals surface area contributed by atoms with Crippen LogP contribution in [0.3, 0.4) is 0 Å². The van der Waals surface area contributed by atoms with Crippen molar-refractivity contribution in [2.45, 2.75) is 122 Å². The predicted octanol–water partition coefficient (Wildman–Crippen LogP) is 5.49.